The highest BCUT2D eigenvalue weighted by atomic mass is 32.2. The van der Waals surface area contributed by atoms with E-state index in [1.165, 1.54) is 30.8 Å². The maximum Gasteiger partial charge on any atom is 0.225 e. The van der Waals surface area contributed by atoms with E-state index in [2.05, 4.69) is 10.6 Å². The summed E-state index contributed by atoms with van der Waals surface area (Å²) in [7, 11) is -3.72. The van der Waals surface area contributed by atoms with Crippen LogP contribution in [0.25, 0.3) is 0 Å². The molecule has 2 N–H and O–H groups in total. The highest BCUT2D eigenvalue weighted by Crippen LogP contribution is 2.33. The summed E-state index contributed by atoms with van der Waals surface area (Å²) < 4.78 is 25.8. The van der Waals surface area contributed by atoms with Crippen molar-refractivity contribution in [3.05, 3.63) is 48.0 Å². The van der Waals surface area contributed by atoms with Gasteiger partial charge < -0.3 is 10.6 Å². The third kappa shape index (κ3) is 4.74. The summed E-state index contributed by atoms with van der Waals surface area (Å²) in [6.45, 7) is 3.46. The molecule has 0 aliphatic carbocycles. The Hall–Kier alpha value is -2.32. The zero-order valence-corrected chi connectivity index (χ0v) is 17.3. The number of benzene rings is 2. The van der Waals surface area contributed by atoms with Gasteiger partial charge in [-0.25, -0.2) is 8.42 Å². The molecule has 1 atom stereocenters. The predicted octanol–water partition coefficient (Wildman–Crippen LogP) is 3.62. The van der Waals surface area contributed by atoms with E-state index in [0.29, 0.717) is 23.5 Å². The fourth-order valence-corrected chi connectivity index (χ4v) is 5.14. The van der Waals surface area contributed by atoms with E-state index in [1.807, 2.05) is 19.1 Å². The molecule has 1 aliphatic heterocycles. The Morgan fingerprint density at radius 3 is 2.64 bits per heavy atom. The number of rotatable bonds is 5. The molecule has 0 aromatic heterocycles. The van der Waals surface area contributed by atoms with Crippen molar-refractivity contribution in [2.75, 3.05) is 16.4 Å². The molecule has 148 valence electrons. The quantitative estimate of drug-likeness (QED) is 0.774. The van der Waals surface area contributed by atoms with E-state index < -0.39 is 15.1 Å². The second kappa shape index (κ2) is 8.36. The van der Waals surface area contributed by atoms with Crippen LogP contribution in [0, 0.1) is 6.92 Å². The molecule has 1 aliphatic rings. The van der Waals surface area contributed by atoms with Crippen molar-refractivity contribution in [1.29, 1.82) is 0 Å². The number of thioether (sulfide) groups is 1. The Balaban J connectivity index is 1.73. The number of nitrogens with one attached hydrogen (secondary N) is 2. The zero-order valence-electron chi connectivity index (χ0n) is 15.7. The van der Waals surface area contributed by atoms with Gasteiger partial charge in [0.15, 0.2) is 9.84 Å². The molecule has 0 radical (unpaired) electrons. The van der Waals surface area contributed by atoms with Crippen molar-refractivity contribution in [3.63, 3.8) is 0 Å². The van der Waals surface area contributed by atoms with Gasteiger partial charge in [0, 0.05) is 29.2 Å². The van der Waals surface area contributed by atoms with Crippen LogP contribution in [0.4, 0.5) is 11.4 Å². The smallest absolute Gasteiger partial charge is 0.225 e. The Labute approximate surface area is 169 Å². The molecule has 6 nitrogen and oxygen atoms in total. The van der Waals surface area contributed by atoms with Crippen LogP contribution in [-0.4, -0.2) is 31.2 Å². The fourth-order valence-electron chi connectivity index (χ4n) is 2.83. The summed E-state index contributed by atoms with van der Waals surface area (Å²) in [4.78, 5) is 25.0. The lowest BCUT2D eigenvalue weighted by Crippen LogP contribution is -2.25. The number of anilines is 2. The second-order valence-electron chi connectivity index (χ2n) is 6.78. The van der Waals surface area contributed by atoms with Gasteiger partial charge >= 0.3 is 0 Å². The third-order valence-corrected chi connectivity index (χ3v) is 7.69. The van der Waals surface area contributed by atoms with Crippen LogP contribution in [0.15, 0.2) is 52.3 Å². The normalized spacial score (nSPS) is 15.1. The first kappa shape index (κ1) is 20.4. The van der Waals surface area contributed by atoms with Crippen LogP contribution in [0.5, 0.6) is 0 Å². The lowest BCUT2D eigenvalue weighted by molar-refractivity contribution is -0.116. The van der Waals surface area contributed by atoms with E-state index >= 15 is 0 Å². The van der Waals surface area contributed by atoms with E-state index in [1.54, 1.807) is 18.2 Å². The fraction of sp³-hybridized carbons (Fsp3) is 0.300. The third-order valence-electron chi connectivity index (χ3n) is 4.48. The van der Waals surface area contributed by atoms with Crippen molar-refractivity contribution < 1.29 is 18.0 Å². The Morgan fingerprint density at radius 1 is 1.21 bits per heavy atom. The van der Waals surface area contributed by atoms with E-state index in [4.69, 9.17) is 0 Å². The van der Waals surface area contributed by atoms with Gasteiger partial charge in [0.1, 0.15) is 0 Å². The summed E-state index contributed by atoms with van der Waals surface area (Å²) in [6.07, 6.45) is 0.228. The van der Waals surface area contributed by atoms with E-state index in [-0.39, 0.29) is 23.1 Å². The van der Waals surface area contributed by atoms with Crippen LogP contribution in [-0.2, 0) is 19.4 Å². The van der Waals surface area contributed by atoms with Crippen LogP contribution < -0.4 is 10.6 Å². The number of aryl methyl sites for hydroxylation is 1. The molecule has 0 saturated carbocycles. The number of carbonyl (C=O) groups excluding carboxylic acids is 2. The lowest BCUT2D eigenvalue weighted by atomic mass is 10.2. The second-order valence-corrected chi connectivity index (χ2v) is 10.3. The number of fused-ring (bicyclic) bond motifs is 1. The van der Waals surface area contributed by atoms with Crippen LogP contribution in [0.2, 0.25) is 0 Å². The molecule has 8 heteroatoms. The highest BCUT2D eigenvalue weighted by molar-refractivity contribution is 7.99. The molecule has 0 spiro atoms. The summed E-state index contributed by atoms with van der Waals surface area (Å²) in [6, 6.07) is 12.0. The SMILES string of the molecule is Cc1ccc(NC(=O)CC(C)S(=O)(=O)c2ccc3c(c2)NC(=O)CCS3)cc1. The van der Waals surface area contributed by atoms with Crippen molar-refractivity contribution >= 4 is 44.8 Å². The first-order chi connectivity index (χ1) is 13.3. The average Bonchev–Trinajstić information content (AvgIpc) is 2.83. The molecule has 0 fully saturated rings. The number of sulfone groups is 1. The van der Waals surface area contributed by atoms with Crippen molar-refractivity contribution in [2.45, 2.75) is 41.7 Å². The summed E-state index contributed by atoms with van der Waals surface area (Å²) in [5.41, 5.74) is 2.21. The maximum absolute atomic E-state index is 12.9. The number of amides is 2. The minimum atomic E-state index is -3.72. The standard InChI is InChI=1S/C20H22N2O4S2/c1-13-3-5-15(6-4-13)21-20(24)11-14(2)28(25,26)16-7-8-18-17(12-16)22-19(23)9-10-27-18/h3-8,12,14H,9-11H2,1-2H3,(H,21,24)(H,22,23). The van der Waals surface area contributed by atoms with Crippen molar-refractivity contribution in [3.8, 4) is 0 Å². The number of carbonyl (C=O) groups is 2. The van der Waals surface area contributed by atoms with Gasteiger partial charge in [-0.05, 0) is 44.2 Å². The van der Waals surface area contributed by atoms with Gasteiger partial charge in [0.05, 0.1) is 15.8 Å². The Kier molecular flexibility index (Phi) is 6.10. The summed E-state index contributed by atoms with van der Waals surface area (Å²) in [5.74, 6) is 0.158. The van der Waals surface area contributed by atoms with Crippen LogP contribution in [0.3, 0.4) is 0 Å². The summed E-state index contributed by atoms with van der Waals surface area (Å²) in [5, 5.41) is 4.57. The van der Waals surface area contributed by atoms with Gasteiger partial charge in [-0.2, -0.15) is 0 Å². The maximum atomic E-state index is 12.9. The highest BCUT2D eigenvalue weighted by Gasteiger charge is 2.27. The lowest BCUT2D eigenvalue weighted by Gasteiger charge is -2.15. The molecule has 1 heterocycles. The molecule has 2 aromatic rings. The van der Waals surface area contributed by atoms with E-state index in [9.17, 15) is 18.0 Å². The Bertz CT molecular complexity index is 1000. The summed E-state index contributed by atoms with van der Waals surface area (Å²) >= 11 is 1.51. The molecule has 0 bridgehead atoms. The monoisotopic (exact) mass is 418 g/mol. The van der Waals surface area contributed by atoms with Crippen molar-refractivity contribution in [1.82, 2.24) is 0 Å². The van der Waals surface area contributed by atoms with Gasteiger partial charge in [-0.3, -0.25) is 9.59 Å². The topological polar surface area (TPSA) is 92.3 Å². The first-order valence-electron chi connectivity index (χ1n) is 8.93. The molecule has 0 saturated heterocycles. The average molecular weight is 419 g/mol. The largest absolute Gasteiger partial charge is 0.326 e. The molecular weight excluding hydrogens is 396 g/mol. The molecule has 28 heavy (non-hydrogen) atoms. The number of hydrogen-bond donors (Lipinski definition) is 2. The van der Waals surface area contributed by atoms with Crippen LogP contribution >= 0.6 is 11.8 Å². The minimum absolute atomic E-state index is 0.102. The minimum Gasteiger partial charge on any atom is -0.326 e. The molecule has 1 unspecified atom stereocenters. The van der Waals surface area contributed by atoms with Gasteiger partial charge in [-0.15, -0.1) is 11.8 Å². The van der Waals surface area contributed by atoms with Gasteiger partial charge in [0.25, 0.3) is 0 Å². The zero-order chi connectivity index (χ0) is 20.3. The van der Waals surface area contributed by atoms with Crippen molar-refractivity contribution in [2.24, 2.45) is 0 Å². The number of hydrogen-bond acceptors (Lipinski definition) is 5. The first-order valence-corrected chi connectivity index (χ1v) is 11.5. The molecular formula is C20H22N2O4S2. The van der Waals surface area contributed by atoms with E-state index in [0.717, 1.165) is 10.5 Å². The molecule has 3 rings (SSSR count). The van der Waals surface area contributed by atoms with Gasteiger partial charge in [0.2, 0.25) is 11.8 Å². The van der Waals surface area contributed by atoms with Gasteiger partial charge in [-0.1, -0.05) is 17.7 Å². The predicted molar refractivity (Wildman–Crippen MR) is 111 cm³/mol. The Morgan fingerprint density at radius 2 is 1.93 bits per heavy atom. The molecule has 2 aromatic carbocycles. The van der Waals surface area contributed by atoms with Crippen LogP contribution in [0.1, 0.15) is 25.3 Å². The molecule has 2 amide bonds.